The summed E-state index contributed by atoms with van der Waals surface area (Å²) in [4.78, 5) is 0. The smallest absolute Gasteiger partial charge is 0.250 e. The number of nitrogens with zero attached hydrogens (tertiary/aromatic N) is 3. The highest BCUT2D eigenvalue weighted by Gasteiger charge is 2.37. The Labute approximate surface area is 159 Å². The summed E-state index contributed by atoms with van der Waals surface area (Å²) < 4.78 is 79.3. The fourth-order valence-electron chi connectivity index (χ4n) is 2.33. The summed E-state index contributed by atoms with van der Waals surface area (Å²) in [6, 6.07) is 9.83. The van der Waals surface area contributed by atoms with Crippen LogP contribution >= 0.6 is 12.2 Å². The van der Waals surface area contributed by atoms with Crippen LogP contribution in [0.5, 0.6) is 0 Å². The lowest BCUT2D eigenvalue weighted by molar-refractivity contribution is -0.143. The molecule has 3 rings (SSSR count). The summed E-state index contributed by atoms with van der Waals surface area (Å²) >= 11 is 4.99. The van der Waals surface area contributed by atoms with Gasteiger partial charge in [-0.1, -0.05) is 30.3 Å². The van der Waals surface area contributed by atoms with E-state index in [9.17, 15) is 26.3 Å². The van der Waals surface area contributed by atoms with Gasteiger partial charge < -0.3 is 0 Å². The number of alkyl halides is 6. The van der Waals surface area contributed by atoms with Gasteiger partial charge in [-0.2, -0.15) is 41.2 Å². The molecule has 0 aliphatic rings. The van der Waals surface area contributed by atoms with Gasteiger partial charge in [0.15, 0.2) is 5.82 Å². The van der Waals surface area contributed by atoms with Crippen LogP contribution in [0.4, 0.5) is 26.3 Å². The molecule has 0 aliphatic heterocycles. The van der Waals surface area contributed by atoms with Crippen LogP contribution in [0.3, 0.4) is 0 Å². The molecule has 0 fully saturated rings. The monoisotopic (exact) mass is 416 g/mol. The first-order valence-corrected chi connectivity index (χ1v) is 8.03. The van der Waals surface area contributed by atoms with Gasteiger partial charge in [-0.3, -0.25) is 0 Å². The number of hydrogen-bond donors (Lipinski definition) is 1. The van der Waals surface area contributed by atoms with Crippen LogP contribution in [0.25, 0.3) is 11.4 Å². The number of rotatable bonds is 3. The Kier molecular flexibility index (Phi) is 5.11. The Morgan fingerprint density at radius 1 is 0.929 bits per heavy atom. The van der Waals surface area contributed by atoms with E-state index in [1.54, 1.807) is 30.3 Å². The molecular formula is C17H10F6N4S. The number of nitrogens with one attached hydrogen (secondary N) is 1. The molecule has 28 heavy (non-hydrogen) atoms. The highest BCUT2D eigenvalue weighted by atomic mass is 32.1. The predicted molar refractivity (Wildman–Crippen MR) is 92.3 cm³/mol. The molecule has 1 N–H and O–H groups in total. The van der Waals surface area contributed by atoms with Crippen molar-refractivity contribution in [3.05, 3.63) is 70.0 Å². The topological polar surface area (TPSA) is 46.0 Å². The lowest BCUT2D eigenvalue weighted by Gasteiger charge is -2.13. The van der Waals surface area contributed by atoms with Crippen molar-refractivity contribution < 1.29 is 26.3 Å². The van der Waals surface area contributed by atoms with Crippen molar-refractivity contribution in [3.8, 4) is 11.4 Å². The second kappa shape index (κ2) is 7.23. The van der Waals surface area contributed by atoms with Gasteiger partial charge in [0.05, 0.1) is 17.3 Å². The second-order valence-corrected chi connectivity index (χ2v) is 6.00. The largest absolute Gasteiger partial charge is 0.416 e. The maximum Gasteiger partial charge on any atom is 0.416 e. The number of halogens is 6. The van der Waals surface area contributed by atoms with Crippen LogP contribution in [0.1, 0.15) is 16.7 Å². The first-order chi connectivity index (χ1) is 13.1. The summed E-state index contributed by atoms with van der Waals surface area (Å²) in [7, 11) is 0. The van der Waals surface area contributed by atoms with Crippen molar-refractivity contribution in [1.82, 2.24) is 14.9 Å². The van der Waals surface area contributed by atoms with Crippen LogP contribution in [0.2, 0.25) is 0 Å². The third-order valence-corrected chi connectivity index (χ3v) is 3.88. The molecule has 0 amide bonds. The Morgan fingerprint density at radius 3 is 2.04 bits per heavy atom. The molecule has 0 saturated heterocycles. The number of H-pyrrole nitrogens is 1. The van der Waals surface area contributed by atoms with E-state index < -0.39 is 29.0 Å². The third-order valence-electron chi connectivity index (χ3n) is 3.62. The van der Waals surface area contributed by atoms with Gasteiger partial charge in [-0.25, -0.2) is 5.10 Å². The molecule has 0 bridgehead atoms. The molecule has 0 unspecified atom stereocenters. The standard InChI is InChI=1S/C17H10F6N4S/c18-16(19,20)12-6-11(7-13(8-12)17(21,22)23)14-25-26-15(28)27(14)24-9-10-4-2-1-3-5-10/h1-9H,(H,26,28)/b24-9+. The van der Waals surface area contributed by atoms with Gasteiger partial charge in [-0.15, -0.1) is 0 Å². The molecule has 0 spiro atoms. The van der Waals surface area contributed by atoms with Gasteiger partial charge >= 0.3 is 12.4 Å². The van der Waals surface area contributed by atoms with E-state index in [1.807, 2.05) is 0 Å². The van der Waals surface area contributed by atoms with Crippen LogP contribution in [-0.2, 0) is 12.4 Å². The maximum atomic E-state index is 13.1. The Balaban J connectivity index is 2.14. The summed E-state index contributed by atoms with van der Waals surface area (Å²) in [5.74, 6) is -0.284. The first kappa shape index (κ1) is 19.8. The van der Waals surface area contributed by atoms with Gasteiger partial charge in [0, 0.05) is 5.56 Å². The summed E-state index contributed by atoms with van der Waals surface area (Å²) in [6.45, 7) is 0. The Hall–Kier alpha value is -2.95. The molecule has 1 aromatic heterocycles. The van der Waals surface area contributed by atoms with Crippen molar-refractivity contribution >= 4 is 18.4 Å². The van der Waals surface area contributed by atoms with E-state index in [0.717, 1.165) is 4.68 Å². The molecule has 4 nitrogen and oxygen atoms in total. The van der Waals surface area contributed by atoms with E-state index in [0.29, 0.717) is 17.7 Å². The van der Waals surface area contributed by atoms with E-state index in [2.05, 4.69) is 15.3 Å². The van der Waals surface area contributed by atoms with Crippen molar-refractivity contribution in [3.63, 3.8) is 0 Å². The summed E-state index contributed by atoms with van der Waals surface area (Å²) in [5.41, 5.74) is -2.69. The average molecular weight is 416 g/mol. The zero-order valence-electron chi connectivity index (χ0n) is 13.7. The zero-order chi connectivity index (χ0) is 20.5. The van der Waals surface area contributed by atoms with Crippen LogP contribution in [0.15, 0.2) is 53.6 Å². The number of aromatic nitrogens is 3. The lowest BCUT2D eigenvalue weighted by Crippen LogP contribution is -2.11. The highest BCUT2D eigenvalue weighted by Crippen LogP contribution is 2.38. The van der Waals surface area contributed by atoms with Crippen LogP contribution in [0, 0.1) is 4.77 Å². The molecular weight excluding hydrogens is 406 g/mol. The average Bonchev–Trinajstić information content (AvgIpc) is 2.99. The van der Waals surface area contributed by atoms with Gasteiger partial charge in [0.2, 0.25) is 4.77 Å². The molecule has 0 aliphatic carbocycles. The lowest BCUT2D eigenvalue weighted by atomic mass is 10.0. The van der Waals surface area contributed by atoms with Crippen molar-refractivity contribution in [2.24, 2.45) is 5.10 Å². The van der Waals surface area contributed by atoms with Crippen molar-refractivity contribution in [1.29, 1.82) is 0 Å². The fourth-order valence-corrected chi connectivity index (χ4v) is 2.51. The predicted octanol–water partition coefficient (Wildman–Crippen LogP) is 5.53. The van der Waals surface area contributed by atoms with E-state index in [1.165, 1.54) is 6.21 Å². The number of aromatic amines is 1. The van der Waals surface area contributed by atoms with Gasteiger partial charge in [0.25, 0.3) is 0 Å². The van der Waals surface area contributed by atoms with Crippen molar-refractivity contribution in [2.45, 2.75) is 12.4 Å². The molecule has 1 heterocycles. The highest BCUT2D eigenvalue weighted by molar-refractivity contribution is 7.71. The summed E-state index contributed by atoms with van der Waals surface area (Å²) in [6.07, 6.45) is -8.59. The molecule has 3 aromatic rings. The van der Waals surface area contributed by atoms with Crippen LogP contribution < -0.4 is 0 Å². The zero-order valence-corrected chi connectivity index (χ0v) is 14.5. The minimum Gasteiger partial charge on any atom is -0.250 e. The van der Waals surface area contributed by atoms with E-state index in [-0.39, 0.29) is 16.7 Å². The van der Waals surface area contributed by atoms with Gasteiger partial charge in [-0.05, 0) is 36.0 Å². The normalized spacial score (nSPS) is 12.6. The minimum absolute atomic E-state index is 0.0440. The Morgan fingerprint density at radius 2 is 1.50 bits per heavy atom. The molecule has 2 aromatic carbocycles. The molecule has 0 saturated carbocycles. The number of benzene rings is 2. The molecule has 0 atom stereocenters. The Bertz CT molecular complexity index is 1030. The second-order valence-electron chi connectivity index (χ2n) is 5.61. The summed E-state index contributed by atoms with van der Waals surface area (Å²) in [5, 5.41) is 10.1. The van der Waals surface area contributed by atoms with Gasteiger partial charge in [0.1, 0.15) is 0 Å². The number of hydrogen-bond acceptors (Lipinski definition) is 3. The fraction of sp³-hybridized carbons (Fsp3) is 0.118. The molecule has 0 radical (unpaired) electrons. The SMILES string of the molecule is FC(F)(F)c1cc(-c2n[nH]c(=S)n2/N=C/c2ccccc2)cc(C(F)(F)F)c1. The quantitative estimate of drug-likeness (QED) is 0.347. The molecule has 146 valence electrons. The third kappa shape index (κ3) is 4.30. The van der Waals surface area contributed by atoms with E-state index >= 15 is 0 Å². The van der Waals surface area contributed by atoms with E-state index in [4.69, 9.17) is 12.2 Å². The minimum atomic E-state index is -4.97. The maximum absolute atomic E-state index is 13.1. The first-order valence-electron chi connectivity index (χ1n) is 7.62. The van der Waals surface area contributed by atoms with Crippen LogP contribution in [-0.4, -0.2) is 21.1 Å². The van der Waals surface area contributed by atoms with Crippen molar-refractivity contribution in [2.75, 3.05) is 0 Å². The molecule has 11 heteroatoms.